The van der Waals surface area contributed by atoms with Crippen molar-refractivity contribution in [2.75, 3.05) is 13.7 Å². The molecule has 3 atom stereocenters. The maximum absolute atomic E-state index is 10.9. The van der Waals surface area contributed by atoms with Gasteiger partial charge in [-0.05, 0) is 27.3 Å². The molecule has 1 aliphatic rings. The molecule has 0 radical (unpaired) electrons. The van der Waals surface area contributed by atoms with Crippen molar-refractivity contribution in [2.45, 2.75) is 38.5 Å². The van der Waals surface area contributed by atoms with Crippen LogP contribution in [0.4, 0.5) is 0 Å². The van der Waals surface area contributed by atoms with E-state index < -0.39 is 0 Å². The van der Waals surface area contributed by atoms with Crippen LogP contribution in [0.5, 0.6) is 0 Å². The Labute approximate surface area is 79.0 Å². The van der Waals surface area contributed by atoms with E-state index in [9.17, 15) is 4.79 Å². The molecule has 1 rings (SSSR count). The molecule has 3 unspecified atom stereocenters. The second-order valence-corrected chi connectivity index (χ2v) is 3.68. The molecule has 4 nitrogen and oxygen atoms in total. The molecule has 2 N–H and O–H groups in total. The summed E-state index contributed by atoms with van der Waals surface area (Å²) < 4.78 is 5.42. The van der Waals surface area contributed by atoms with Crippen molar-refractivity contribution >= 4 is 5.91 Å². The van der Waals surface area contributed by atoms with E-state index in [-0.39, 0.29) is 18.1 Å². The van der Waals surface area contributed by atoms with Crippen molar-refractivity contribution in [1.29, 1.82) is 0 Å². The number of primary amides is 1. The second-order valence-electron chi connectivity index (χ2n) is 3.68. The zero-order valence-electron chi connectivity index (χ0n) is 8.49. The van der Waals surface area contributed by atoms with Gasteiger partial charge >= 0.3 is 0 Å². The number of nitrogens with zero attached hydrogens (tertiary/aromatic N) is 1. The molecule has 1 aliphatic heterocycles. The van der Waals surface area contributed by atoms with Crippen LogP contribution in [-0.2, 0) is 9.53 Å². The Balaban J connectivity index is 2.55. The van der Waals surface area contributed by atoms with E-state index >= 15 is 0 Å². The Bertz CT molecular complexity index is 196. The van der Waals surface area contributed by atoms with E-state index in [1.165, 1.54) is 0 Å². The van der Waals surface area contributed by atoms with Gasteiger partial charge in [0, 0.05) is 12.6 Å². The third kappa shape index (κ3) is 2.19. The lowest BCUT2D eigenvalue weighted by atomic mass is 10.1. The first kappa shape index (κ1) is 10.5. The van der Waals surface area contributed by atoms with Crippen LogP contribution in [0.1, 0.15) is 20.3 Å². The number of ether oxygens (including phenoxy) is 1. The largest absolute Gasteiger partial charge is 0.377 e. The maximum Gasteiger partial charge on any atom is 0.234 e. The molecule has 0 bridgehead atoms. The number of hydrogen-bond donors (Lipinski definition) is 1. The van der Waals surface area contributed by atoms with Gasteiger partial charge in [0.2, 0.25) is 5.91 Å². The zero-order chi connectivity index (χ0) is 10.0. The molecular weight excluding hydrogens is 168 g/mol. The molecule has 0 aromatic rings. The molecule has 1 saturated heterocycles. The first-order valence-corrected chi connectivity index (χ1v) is 4.67. The summed E-state index contributed by atoms with van der Waals surface area (Å²) in [4.78, 5) is 12.9. The fourth-order valence-corrected chi connectivity index (χ4v) is 1.74. The summed E-state index contributed by atoms with van der Waals surface area (Å²) >= 11 is 0. The number of amides is 1. The number of carbonyl (C=O) groups excluding carboxylic acids is 1. The third-order valence-electron chi connectivity index (χ3n) is 2.88. The first-order chi connectivity index (χ1) is 6.04. The molecule has 13 heavy (non-hydrogen) atoms. The lowest BCUT2D eigenvalue weighted by Crippen LogP contribution is -2.48. The average Bonchev–Trinajstić information content (AvgIpc) is 2.48. The topological polar surface area (TPSA) is 55.6 Å². The van der Waals surface area contributed by atoms with Crippen LogP contribution >= 0.6 is 0 Å². The zero-order valence-corrected chi connectivity index (χ0v) is 8.49. The third-order valence-corrected chi connectivity index (χ3v) is 2.88. The van der Waals surface area contributed by atoms with Crippen LogP contribution in [0.15, 0.2) is 0 Å². The van der Waals surface area contributed by atoms with Gasteiger partial charge in [0.25, 0.3) is 0 Å². The van der Waals surface area contributed by atoms with Gasteiger partial charge in [0.15, 0.2) is 0 Å². The molecule has 1 heterocycles. The Morgan fingerprint density at radius 2 is 2.31 bits per heavy atom. The standard InChI is InChI=1S/C9H18N2O2/c1-6(9(10)12)11(3)8-4-5-13-7(8)2/h6-8H,4-5H2,1-3H3,(H2,10,12). The fraction of sp³-hybridized carbons (Fsp3) is 0.889. The Morgan fingerprint density at radius 1 is 1.69 bits per heavy atom. The van der Waals surface area contributed by atoms with E-state index in [2.05, 4.69) is 0 Å². The average molecular weight is 186 g/mol. The highest BCUT2D eigenvalue weighted by Gasteiger charge is 2.31. The summed E-state index contributed by atoms with van der Waals surface area (Å²) in [5.74, 6) is -0.276. The van der Waals surface area contributed by atoms with Gasteiger partial charge in [0.05, 0.1) is 12.1 Å². The molecule has 4 heteroatoms. The monoisotopic (exact) mass is 186 g/mol. The van der Waals surface area contributed by atoms with Crippen LogP contribution in [-0.4, -0.2) is 42.6 Å². The van der Waals surface area contributed by atoms with E-state index in [1.54, 1.807) is 0 Å². The Kier molecular flexibility index (Phi) is 3.27. The molecule has 0 saturated carbocycles. The normalized spacial score (nSPS) is 30.8. The summed E-state index contributed by atoms with van der Waals surface area (Å²) in [6.07, 6.45) is 1.18. The molecule has 0 aromatic heterocycles. The molecule has 0 aromatic carbocycles. The van der Waals surface area contributed by atoms with E-state index in [1.807, 2.05) is 25.8 Å². The minimum Gasteiger partial charge on any atom is -0.377 e. The highest BCUT2D eigenvalue weighted by atomic mass is 16.5. The summed E-state index contributed by atoms with van der Waals surface area (Å²) in [6.45, 7) is 4.64. The van der Waals surface area contributed by atoms with Crippen LogP contribution in [0.3, 0.4) is 0 Å². The summed E-state index contributed by atoms with van der Waals surface area (Å²) in [7, 11) is 1.92. The summed E-state index contributed by atoms with van der Waals surface area (Å²) in [5, 5.41) is 0. The molecule has 0 aliphatic carbocycles. The highest BCUT2D eigenvalue weighted by Crippen LogP contribution is 2.19. The Hall–Kier alpha value is -0.610. The van der Waals surface area contributed by atoms with Crippen molar-refractivity contribution in [3.63, 3.8) is 0 Å². The molecule has 1 fully saturated rings. The molecular formula is C9H18N2O2. The summed E-state index contributed by atoms with van der Waals surface area (Å²) in [6, 6.07) is 0.108. The second kappa shape index (κ2) is 4.07. The number of nitrogens with two attached hydrogens (primary N) is 1. The first-order valence-electron chi connectivity index (χ1n) is 4.67. The minimum absolute atomic E-state index is 0.201. The van der Waals surface area contributed by atoms with Crippen molar-refractivity contribution in [1.82, 2.24) is 4.90 Å². The van der Waals surface area contributed by atoms with Gasteiger partial charge in [-0.25, -0.2) is 0 Å². The fourth-order valence-electron chi connectivity index (χ4n) is 1.74. The smallest absolute Gasteiger partial charge is 0.234 e. The van der Waals surface area contributed by atoms with E-state index in [0.717, 1.165) is 13.0 Å². The summed E-state index contributed by atoms with van der Waals surface area (Å²) in [5.41, 5.74) is 5.23. The minimum atomic E-state index is -0.276. The molecule has 1 amide bonds. The predicted molar refractivity (Wildman–Crippen MR) is 50.2 cm³/mol. The van der Waals surface area contributed by atoms with Crippen LogP contribution in [0.2, 0.25) is 0 Å². The van der Waals surface area contributed by atoms with Gasteiger partial charge < -0.3 is 10.5 Å². The Morgan fingerprint density at radius 3 is 2.69 bits per heavy atom. The quantitative estimate of drug-likeness (QED) is 0.673. The number of carbonyl (C=O) groups is 1. The number of hydrogen-bond acceptors (Lipinski definition) is 3. The molecule has 76 valence electrons. The lowest BCUT2D eigenvalue weighted by molar-refractivity contribution is -0.123. The predicted octanol–water partition coefficient (Wildman–Crippen LogP) is -0.0306. The van der Waals surface area contributed by atoms with Crippen molar-refractivity contribution in [2.24, 2.45) is 5.73 Å². The number of rotatable bonds is 3. The van der Waals surface area contributed by atoms with Crippen LogP contribution < -0.4 is 5.73 Å². The van der Waals surface area contributed by atoms with Crippen molar-refractivity contribution < 1.29 is 9.53 Å². The van der Waals surface area contributed by atoms with Gasteiger partial charge in [-0.1, -0.05) is 0 Å². The van der Waals surface area contributed by atoms with Crippen molar-refractivity contribution in [3.05, 3.63) is 0 Å². The van der Waals surface area contributed by atoms with Crippen LogP contribution in [0, 0.1) is 0 Å². The van der Waals surface area contributed by atoms with E-state index in [0.29, 0.717) is 6.04 Å². The van der Waals surface area contributed by atoms with E-state index in [4.69, 9.17) is 10.5 Å². The number of likely N-dealkylation sites (N-methyl/N-ethyl adjacent to an activating group) is 1. The molecule has 0 spiro atoms. The van der Waals surface area contributed by atoms with Gasteiger partial charge in [0.1, 0.15) is 0 Å². The SMILES string of the molecule is CC1OCCC1N(C)C(C)C(N)=O. The van der Waals surface area contributed by atoms with Crippen molar-refractivity contribution in [3.8, 4) is 0 Å². The maximum atomic E-state index is 10.9. The lowest BCUT2D eigenvalue weighted by Gasteiger charge is -2.30. The highest BCUT2D eigenvalue weighted by molar-refractivity contribution is 5.79. The van der Waals surface area contributed by atoms with Gasteiger partial charge in [-0.3, -0.25) is 9.69 Å². The van der Waals surface area contributed by atoms with Crippen LogP contribution in [0.25, 0.3) is 0 Å². The van der Waals surface area contributed by atoms with Gasteiger partial charge in [-0.15, -0.1) is 0 Å². The van der Waals surface area contributed by atoms with Gasteiger partial charge in [-0.2, -0.15) is 0 Å².